The van der Waals surface area contributed by atoms with Crippen LogP contribution in [0.25, 0.3) is 26.1 Å². The molecule has 0 aliphatic carbocycles. The van der Waals surface area contributed by atoms with Crippen LogP contribution in [0.15, 0.2) is 54.2 Å². The summed E-state index contributed by atoms with van der Waals surface area (Å²) in [5.41, 5.74) is 4.02. The molecule has 0 fully saturated rings. The van der Waals surface area contributed by atoms with Gasteiger partial charge in [-0.15, -0.1) is 24.5 Å². The van der Waals surface area contributed by atoms with E-state index in [4.69, 9.17) is 0 Å². The van der Waals surface area contributed by atoms with Crippen molar-refractivity contribution in [2.45, 2.75) is 45.0 Å². The number of ether oxygens (including phenoxy) is 1. The van der Waals surface area contributed by atoms with Crippen molar-refractivity contribution in [3.63, 3.8) is 0 Å². The van der Waals surface area contributed by atoms with E-state index in [1.54, 1.807) is 11.3 Å². The Morgan fingerprint density at radius 1 is 1.16 bits per heavy atom. The highest BCUT2D eigenvalue weighted by Gasteiger charge is 2.28. The van der Waals surface area contributed by atoms with E-state index >= 15 is 0 Å². The molecule has 3 nitrogen and oxygen atoms in total. The zero-order chi connectivity index (χ0) is 22.7. The Morgan fingerprint density at radius 2 is 1.94 bits per heavy atom. The van der Waals surface area contributed by atoms with Crippen molar-refractivity contribution < 1.29 is 17.9 Å². The molecule has 0 radical (unpaired) electrons. The fraction of sp³-hybridized carbons (Fsp3) is 0.320. The van der Waals surface area contributed by atoms with Crippen molar-refractivity contribution in [1.82, 2.24) is 5.32 Å². The van der Waals surface area contributed by atoms with Gasteiger partial charge in [-0.2, -0.15) is 5.26 Å². The van der Waals surface area contributed by atoms with Crippen LogP contribution in [0.1, 0.15) is 37.3 Å². The first-order valence-corrected chi connectivity index (χ1v) is 11.4. The zero-order valence-corrected chi connectivity index (χ0v) is 18.4. The first-order valence-electron chi connectivity index (χ1n) is 10.6. The summed E-state index contributed by atoms with van der Waals surface area (Å²) in [7, 11) is 0. The van der Waals surface area contributed by atoms with E-state index in [-0.39, 0.29) is 12.5 Å². The van der Waals surface area contributed by atoms with Crippen molar-refractivity contribution in [2.75, 3.05) is 6.61 Å². The summed E-state index contributed by atoms with van der Waals surface area (Å²) < 4.78 is 42.7. The molecule has 7 heteroatoms. The molecule has 1 aliphatic heterocycles. The number of hydrogen-bond donors (Lipinski definition) is 1. The second-order valence-corrected chi connectivity index (χ2v) is 9.10. The van der Waals surface area contributed by atoms with Gasteiger partial charge < -0.3 is 5.32 Å². The van der Waals surface area contributed by atoms with E-state index in [1.165, 1.54) is 0 Å². The van der Waals surface area contributed by atoms with Gasteiger partial charge in [0.2, 0.25) is 0 Å². The lowest BCUT2D eigenvalue weighted by Crippen LogP contribution is -2.23. The summed E-state index contributed by atoms with van der Waals surface area (Å²) in [6, 6.07) is 18.5. The molecule has 32 heavy (non-hydrogen) atoms. The Labute approximate surface area is 189 Å². The van der Waals surface area contributed by atoms with Crippen LogP contribution in [0, 0.1) is 11.3 Å². The number of nitrogens with zero attached hydrogens (tertiary/aromatic N) is 1. The quantitative estimate of drug-likeness (QED) is 0.448. The molecule has 0 amide bonds. The average molecular weight is 457 g/mol. The second kappa shape index (κ2) is 9.35. The Kier molecular flexibility index (Phi) is 6.54. The molecular weight excluding hydrogens is 433 g/mol. The Morgan fingerprint density at radius 3 is 2.69 bits per heavy atom. The molecular formula is C25H23F3N2OS. The van der Waals surface area contributed by atoms with Gasteiger partial charge in [-0.25, -0.2) is 0 Å². The summed E-state index contributed by atoms with van der Waals surface area (Å²) in [6.07, 6.45) is -1.88. The molecule has 0 spiro atoms. The molecule has 0 saturated carbocycles. The minimum Gasteiger partial charge on any atom is -0.374 e. The molecule has 2 heterocycles. The lowest BCUT2D eigenvalue weighted by molar-refractivity contribution is -0.324. The van der Waals surface area contributed by atoms with Gasteiger partial charge >= 0.3 is 6.36 Å². The fourth-order valence-corrected chi connectivity index (χ4v) is 5.12. The van der Waals surface area contributed by atoms with Crippen LogP contribution in [0.3, 0.4) is 0 Å². The predicted molar refractivity (Wildman–Crippen MR) is 122 cm³/mol. The first-order chi connectivity index (χ1) is 15.3. The number of thiophene rings is 1. The standard InChI is InChI=1S/C25H23F3N2OS/c1-16-5-4-7-21(22(15-29)30-16)19-11-17(9-10-31-25(26,27)28)12-20(13-19)24-14-18-6-2-3-8-23(18)32-24/h2-3,6,8,11-14,16,30H,4-5,7,9-10H2,1H3. The summed E-state index contributed by atoms with van der Waals surface area (Å²) >= 11 is 1.65. The van der Waals surface area contributed by atoms with E-state index in [0.29, 0.717) is 5.70 Å². The second-order valence-electron chi connectivity index (χ2n) is 8.01. The largest absolute Gasteiger partial charge is 0.522 e. The van der Waals surface area contributed by atoms with E-state index in [9.17, 15) is 18.4 Å². The van der Waals surface area contributed by atoms with Crippen molar-refractivity contribution >= 4 is 27.0 Å². The van der Waals surface area contributed by atoms with Crippen LogP contribution in [0.4, 0.5) is 13.2 Å². The maximum Gasteiger partial charge on any atom is 0.522 e. The Bertz CT molecular complexity index is 1160. The van der Waals surface area contributed by atoms with Crippen molar-refractivity contribution in [3.8, 4) is 16.5 Å². The summed E-state index contributed by atoms with van der Waals surface area (Å²) in [5.74, 6) is 0. The highest BCUT2D eigenvalue weighted by Crippen LogP contribution is 2.37. The number of alkyl halides is 3. The molecule has 166 valence electrons. The third-order valence-electron chi connectivity index (χ3n) is 5.58. The van der Waals surface area contributed by atoms with Crippen LogP contribution < -0.4 is 5.32 Å². The van der Waals surface area contributed by atoms with E-state index < -0.39 is 13.0 Å². The molecule has 1 unspecified atom stereocenters. The third kappa shape index (κ3) is 5.32. The normalized spacial score (nSPS) is 17.2. The fourth-order valence-electron chi connectivity index (χ4n) is 4.07. The summed E-state index contributed by atoms with van der Waals surface area (Å²) in [4.78, 5) is 1.04. The zero-order valence-electron chi connectivity index (χ0n) is 17.6. The smallest absolute Gasteiger partial charge is 0.374 e. The maximum absolute atomic E-state index is 12.5. The summed E-state index contributed by atoms with van der Waals surface area (Å²) in [5, 5.41) is 14.1. The minimum atomic E-state index is -4.65. The van der Waals surface area contributed by atoms with E-state index in [0.717, 1.165) is 56.5 Å². The van der Waals surface area contributed by atoms with Gasteiger partial charge in [-0.3, -0.25) is 4.74 Å². The molecule has 0 bridgehead atoms. The van der Waals surface area contributed by atoms with Crippen molar-refractivity contribution in [2.24, 2.45) is 0 Å². The van der Waals surface area contributed by atoms with Crippen molar-refractivity contribution in [3.05, 3.63) is 65.4 Å². The van der Waals surface area contributed by atoms with E-state index in [1.807, 2.05) is 43.3 Å². The minimum absolute atomic E-state index is 0.129. The molecule has 1 atom stereocenters. The lowest BCUT2D eigenvalue weighted by Gasteiger charge is -2.14. The monoisotopic (exact) mass is 456 g/mol. The van der Waals surface area contributed by atoms with Gasteiger partial charge in [0.1, 0.15) is 11.8 Å². The summed E-state index contributed by atoms with van der Waals surface area (Å²) in [6.45, 7) is 1.60. The van der Waals surface area contributed by atoms with Gasteiger partial charge in [-0.05, 0) is 78.5 Å². The number of halogens is 3. The van der Waals surface area contributed by atoms with E-state index in [2.05, 4.69) is 28.3 Å². The topological polar surface area (TPSA) is 45.0 Å². The lowest BCUT2D eigenvalue weighted by atomic mass is 9.94. The van der Waals surface area contributed by atoms with Gasteiger partial charge in [0.15, 0.2) is 0 Å². The number of rotatable bonds is 5. The molecule has 1 aromatic heterocycles. The van der Waals surface area contributed by atoms with Gasteiger partial charge in [0.25, 0.3) is 0 Å². The molecule has 2 aromatic carbocycles. The van der Waals surface area contributed by atoms with Gasteiger partial charge in [0.05, 0.1) is 6.61 Å². The number of allylic oxidation sites excluding steroid dienone is 2. The number of hydrogen-bond acceptors (Lipinski definition) is 4. The highest BCUT2D eigenvalue weighted by atomic mass is 32.1. The van der Waals surface area contributed by atoms with Crippen LogP contribution >= 0.6 is 11.3 Å². The molecule has 0 saturated heterocycles. The average Bonchev–Trinajstić information content (AvgIpc) is 3.09. The Balaban J connectivity index is 1.77. The predicted octanol–water partition coefficient (Wildman–Crippen LogP) is 7.04. The molecule has 1 N–H and O–H groups in total. The van der Waals surface area contributed by atoms with Crippen LogP contribution in [-0.4, -0.2) is 19.0 Å². The van der Waals surface area contributed by atoms with Crippen LogP contribution in [0.2, 0.25) is 0 Å². The molecule has 3 aromatic rings. The number of nitrogens with one attached hydrogen (secondary N) is 1. The molecule has 1 aliphatic rings. The Hall–Kier alpha value is -2.82. The third-order valence-corrected chi connectivity index (χ3v) is 6.74. The number of nitriles is 1. The van der Waals surface area contributed by atoms with Gasteiger partial charge in [0, 0.05) is 15.6 Å². The number of benzene rings is 2. The molecule has 4 rings (SSSR count). The van der Waals surface area contributed by atoms with Crippen molar-refractivity contribution in [1.29, 1.82) is 5.26 Å². The first kappa shape index (κ1) is 22.4. The van der Waals surface area contributed by atoms with Crippen LogP contribution in [0.5, 0.6) is 0 Å². The van der Waals surface area contributed by atoms with Gasteiger partial charge in [-0.1, -0.05) is 30.3 Å². The van der Waals surface area contributed by atoms with Crippen LogP contribution in [-0.2, 0) is 11.2 Å². The SMILES string of the molecule is CC1CCCC(c2cc(CCOC(F)(F)F)cc(-c3cc4ccccc4s3)c2)=C(C#N)N1. The maximum atomic E-state index is 12.5. The highest BCUT2D eigenvalue weighted by molar-refractivity contribution is 7.22. The number of fused-ring (bicyclic) bond motifs is 1.